The van der Waals surface area contributed by atoms with Crippen LogP contribution < -0.4 is 9.47 Å². The van der Waals surface area contributed by atoms with E-state index in [-0.39, 0.29) is 5.90 Å². The van der Waals surface area contributed by atoms with Gasteiger partial charge in [-0.15, -0.1) is 0 Å². The van der Waals surface area contributed by atoms with Crippen LogP contribution in [0.2, 0.25) is 0 Å². The molecule has 29 heavy (non-hydrogen) atoms. The fourth-order valence-electron chi connectivity index (χ4n) is 5.26. The van der Waals surface area contributed by atoms with Gasteiger partial charge in [-0.3, -0.25) is 5.41 Å². The summed E-state index contributed by atoms with van der Waals surface area (Å²) in [7, 11) is 2.94. The van der Waals surface area contributed by atoms with Crippen molar-refractivity contribution in [2.45, 2.75) is 37.6 Å². The molecule has 0 spiro atoms. The third kappa shape index (κ3) is 2.06. The minimum Gasteiger partial charge on any atom is -0.493 e. The summed E-state index contributed by atoms with van der Waals surface area (Å²) in [5.41, 5.74) is -3.30. The lowest BCUT2D eigenvalue weighted by Gasteiger charge is -2.51. The maximum atomic E-state index is 10.3. The second-order valence-corrected chi connectivity index (χ2v) is 7.57. The van der Waals surface area contributed by atoms with Crippen molar-refractivity contribution >= 4 is 5.90 Å². The average Bonchev–Trinajstić information content (AvgIpc) is 2.97. The zero-order chi connectivity index (χ0) is 20.9. The monoisotopic (exact) mass is 392 g/mol. The first kappa shape index (κ1) is 19.1. The van der Waals surface area contributed by atoms with Crippen LogP contribution in [0.3, 0.4) is 0 Å². The number of benzene rings is 1. The molecule has 2 saturated heterocycles. The van der Waals surface area contributed by atoms with Crippen molar-refractivity contribution in [1.29, 1.82) is 21.2 Å². The first-order valence-corrected chi connectivity index (χ1v) is 9.40. The van der Waals surface area contributed by atoms with E-state index >= 15 is 0 Å². The quantitative estimate of drug-likeness (QED) is 0.835. The maximum absolute atomic E-state index is 10.3. The van der Waals surface area contributed by atoms with Gasteiger partial charge < -0.3 is 18.9 Å². The molecule has 3 aliphatic rings. The molecule has 1 saturated carbocycles. The van der Waals surface area contributed by atoms with Gasteiger partial charge in [-0.05, 0) is 18.9 Å². The van der Waals surface area contributed by atoms with E-state index in [0.29, 0.717) is 29.9 Å². The van der Waals surface area contributed by atoms with Crippen molar-refractivity contribution in [2.24, 2.45) is 16.7 Å². The van der Waals surface area contributed by atoms with Crippen LogP contribution in [-0.2, 0) is 9.47 Å². The molecule has 1 aromatic rings. The summed E-state index contributed by atoms with van der Waals surface area (Å²) in [5.74, 6) is -1.40. The molecule has 1 aromatic carbocycles. The number of nitrogens with zero attached hydrogens (tertiary/aromatic N) is 3. The summed E-state index contributed by atoms with van der Waals surface area (Å²) in [6.45, 7) is 0. The van der Waals surface area contributed by atoms with Crippen molar-refractivity contribution in [3.05, 3.63) is 23.8 Å². The first-order valence-electron chi connectivity index (χ1n) is 9.40. The number of methoxy groups -OCH3 is 2. The summed E-state index contributed by atoms with van der Waals surface area (Å²) in [6.07, 6.45) is 1.50. The molecular formula is C21H20N4O4. The third-order valence-electron chi connectivity index (χ3n) is 6.53. The Labute approximate surface area is 168 Å². The van der Waals surface area contributed by atoms with Gasteiger partial charge in [0.05, 0.1) is 38.3 Å². The fraction of sp³-hybridized carbons (Fsp3) is 0.524. The molecule has 1 N–H and O–H groups in total. The van der Waals surface area contributed by atoms with E-state index in [9.17, 15) is 15.8 Å². The van der Waals surface area contributed by atoms with Crippen LogP contribution in [0, 0.1) is 56.2 Å². The van der Waals surface area contributed by atoms with Gasteiger partial charge in [0.15, 0.2) is 16.9 Å². The zero-order valence-corrected chi connectivity index (χ0v) is 16.2. The Bertz CT molecular complexity index is 989. The number of rotatable bonds is 3. The number of nitrogens with one attached hydrogen (secondary N) is 1. The van der Waals surface area contributed by atoms with E-state index in [4.69, 9.17) is 24.4 Å². The largest absolute Gasteiger partial charge is 0.493 e. The molecule has 1 aliphatic carbocycles. The van der Waals surface area contributed by atoms with Gasteiger partial charge in [-0.1, -0.05) is 18.6 Å². The third-order valence-corrected chi connectivity index (χ3v) is 6.53. The smallest absolute Gasteiger partial charge is 0.217 e. The normalized spacial score (nSPS) is 34.0. The molecule has 4 atom stereocenters. The Morgan fingerprint density at radius 1 is 1.10 bits per heavy atom. The maximum Gasteiger partial charge on any atom is 0.217 e. The van der Waals surface area contributed by atoms with Crippen molar-refractivity contribution in [1.82, 2.24) is 0 Å². The highest BCUT2D eigenvalue weighted by molar-refractivity contribution is 5.89. The predicted molar refractivity (Wildman–Crippen MR) is 98.6 cm³/mol. The molecule has 0 aromatic heterocycles. The number of para-hydroxylation sites is 1. The van der Waals surface area contributed by atoms with Gasteiger partial charge in [0.2, 0.25) is 17.1 Å². The van der Waals surface area contributed by atoms with E-state index in [0.717, 1.165) is 12.8 Å². The van der Waals surface area contributed by atoms with Gasteiger partial charge in [0.25, 0.3) is 0 Å². The zero-order valence-electron chi connectivity index (χ0n) is 16.2. The second kappa shape index (κ2) is 6.37. The van der Waals surface area contributed by atoms with Crippen molar-refractivity contribution in [3.8, 4) is 29.7 Å². The molecule has 0 radical (unpaired) electrons. The lowest BCUT2D eigenvalue weighted by molar-refractivity contribution is -0.294. The Hall–Kier alpha value is -3.28. The highest BCUT2D eigenvalue weighted by atomic mass is 16.7. The van der Waals surface area contributed by atoms with Crippen LogP contribution in [0.15, 0.2) is 18.2 Å². The van der Waals surface area contributed by atoms with E-state index in [1.807, 2.05) is 0 Å². The van der Waals surface area contributed by atoms with Crippen molar-refractivity contribution in [3.63, 3.8) is 0 Å². The van der Waals surface area contributed by atoms with E-state index < -0.39 is 28.6 Å². The molecule has 2 heterocycles. The molecule has 2 aliphatic heterocycles. The van der Waals surface area contributed by atoms with E-state index in [2.05, 4.69) is 18.2 Å². The van der Waals surface area contributed by atoms with Gasteiger partial charge in [0.1, 0.15) is 6.10 Å². The number of ether oxygens (including phenoxy) is 4. The summed E-state index contributed by atoms with van der Waals surface area (Å²) in [4.78, 5) is 0. The topological polar surface area (TPSA) is 132 Å². The molecule has 4 rings (SSSR count). The number of nitriles is 3. The summed E-state index contributed by atoms with van der Waals surface area (Å²) < 4.78 is 23.2. The predicted octanol–water partition coefficient (Wildman–Crippen LogP) is 3.21. The second-order valence-electron chi connectivity index (χ2n) is 7.57. The Balaban J connectivity index is 2.03. The fourth-order valence-corrected chi connectivity index (χ4v) is 5.26. The summed E-state index contributed by atoms with van der Waals surface area (Å²) in [5, 5.41) is 39.3. The molecule has 8 nitrogen and oxygen atoms in total. The Morgan fingerprint density at radius 2 is 1.86 bits per heavy atom. The van der Waals surface area contributed by atoms with Gasteiger partial charge in [-0.25, -0.2) is 0 Å². The highest BCUT2D eigenvalue weighted by Gasteiger charge is 2.80. The molecule has 8 heteroatoms. The van der Waals surface area contributed by atoms with Gasteiger partial charge >= 0.3 is 0 Å². The number of hydrogen-bond donors (Lipinski definition) is 1. The highest BCUT2D eigenvalue weighted by Crippen LogP contribution is 2.70. The van der Waals surface area contributed by atoms with Gasteiger partial charge in [0, 0.05) is 12.0 Å². The molecular weight excluding hydrogens is 372 g/mol. The van der Waals surface area contributed by atoms with Crippen LogP contribution in [0.25, 0.3) is 0 Å². The van der Waals surface area contributed by atoms with Crippen LogP contribution in [-0.4, -0.2) is 25.9 Å². The molecule has 3 fully saturated rings. The van der Waals surface area contributed by atoms with Crippen LogP contribution >= 0.6 is 0 Å². The van der Waals surface area contributed by atoms with Crippen LogP contribution in [0.5, 0.6) is 11.5 Å². The molecule has 2 bridgehead atoms. The molecule has 148 valence electrons. The first-order chi connectivity index (χ1) is 14.0. The molecule has 0 unspecified atom stereocenters. The Kier molecular flexibility index (Phi) is 4.19. The van der Waals surface area contributed by atoms with E-state index in [1.54, 1.807) is 18.2 Å². The van der Waals surface area contributed by atoms with Crippen molar-refractivity contribution in [2.75, 3.05) is 14.2 Å². The SMILES string of the molecule is COc1cccc([C@H]2O[C@@]34CCCC[C@H]3[C@@](C#N)(C(=N)O4)C2(C#N)C#N)c1OC. The van der Waals surface area contributed by atoms with Crippen LogP contribution in [0.1, 0.15) is 37.4 Å². The van der Waals surface area contributed by atoms with Gasteiger partial charge in [-0.2, -0.15) is 15.8 Å². The van der Waals surface area contributed by atoms with Crippen LogP contribution in [0.4, 0.5) is 0 Å². The minimum atomic E-state index is -1.99. The number of hydrogen-bond acceptors (Lipinski definition) is 8. The average molecular weight is 392 g/mol. The Morgan fingerprint density at radius 3 is 2.48 bits per heavy atom. The summed E-state index contributed by atoms with van der Waals surface area (Å²) in [6, 6.07) is 11.4. The standard InChI is InChI=1S/C21H20N4O4/c1-26-14-7-5-6-13(16(14)27-2)17-19(10-22,11-23)20(12-24)15-8-3-4-9-21(15,28-17)29-18(20)25/h5-7,15,17,25H,3-4,8-9H2,1-2H3/t15-,17+,20-,21+/m0/s1. The lowest BCUT2D eigenvalue weighted by atomic mass is 9.51. The minimum absolute atomic E-state index is 0.319. The summed E-state index contributed by atoms with van der Waals surface area (Å²) >= 11 is 0. The van der Waals surface area contributed by atoms with Crippen molar-refractivity contribution < 1.29 is 18.9 Å². The van der Waals surface area contributed by atoms with E-state index in [1.165, 1.54) is 14.2 Å². The lowest BCUT2D eigenvalue weighted by Crippen LogP contribution is -2.60. The molecule has 0 amide bonds.